The maximum atomic E-state index is 11.3. The van der Waals surface area contributed by atoms with E-state index in [0.29, 0.717) is 0 Å². The third-order valence-electron chi connectivity index (χ3n) is 3.62. The van der Waals surface area contributed by atoms with Crippen molar-refractivity contribution in [2.45, 2.75) is 43.0 Å². The molecule has 0 amide bonds. The Hall–Kier alpha value is -1.14. The summed E-state index contributed by atoms with van der Waals surface area (Å²) in [6, 6.07) is 0. The van der Waals surface area contributed by atoms with Crippen LogP contribution >= 0.6 is 0 Å². The van der Waals surface area contributed by atoms with Crippen molar-refractivity contribution in [3.63, 3.8) is 0 Å². The number of carboxylic acids is 1. The lowest BCUT2D eigenvalue weighted by Crippen LogP contribution is -2.61. The number of Topliss-reactive ketones (excluding diaryl/α,β-unsaturated/α-hetero) is 1. The molecule has 128 valence electrons. The van der Waals surface area contributed by atoms with Gasteiger partial charge in [0, 0.05) is 18.8 Å². The van der Waals surface area contributed by atoms with Crippen LogP contribution in [0, 0.1) is 5.92 Å². The van der Waals surface area contributed by atoms with Crippen molar-refractivity contribution < 1.29 is 50.1 Å². The molecular formula is C12H20O10. The van der Waals surface area contributed by atoms with Crippen molar-refractivity contribution in [2.75, 3.05) is 13.2 Å². The van der Waals surface area contributed by atoms with Crippen LogP contribution in [-0.2, 0) is 14.3 Å². The van der Waals surface area contributed by atoms with Gasteiger partial charge in [-0.05, 0) is 0 Å². The first-order chi connectivity index (χ1) is 10.2. The highest BCUT2D eigenvalue weighted by molar-refractivity contribution is 5.80. The van der Waals surface area contributed by atoms with Crippen LogP contribution in [-0.4, -0.2) is 90.9 Å². The van der Waals surface area contributed by atoms with Crippen LogP contribution < -0.4 is 0 Å². The number of carbonyl (C=O) groups excluding carboxylic acids is 1. The third kappa shape index (κ3) is 3.98. The molecule has 0 aromatic heterocycles. The first-order valence-electron chi connectivity index (χ1n) is 6.57. The zero-order chi connectivity index (χ0) is 17.1. The third-order valence-corrected chi connectivity index (χ3v) is 3.62. The minimum absolute atomic E-state index is 0.465. The van der Waals surface area contributed by atoms with Gasteiger partial charge in [0.15, 0.2) is 5.78 Å². The largest absolute Gasteiger partial charge is 0.477 e. The van der Waals surface area contributed by atoms with Gasteiger partial charge in [-0.3, -0.25) is 4.79 Å². The van der Waals surface area contributed by atoms with Crippen molar-refractivity contribution >= 4 is 11.8 Å². The van der Waals surface area contributed by atoms with Crippen LogP contribution in [0.5, 0.6) is 0 Å². The van der Waals surface area contributed by atoms with Gasteiger partial charge >= 0.3 is 5.97 Å². The zero-order valence-corrected chi connectivity index (χ0v) is 11.6. The first kappa shape index (κ1) is 18.9. The van der Waals surface area contributed by atoms with Gasteiger partial charge < -0.3 is 40.5 Å². The average molecular weight is 324 g/mol. The molecule has 3 unspecified atom stereocenters. The van der Waals surface area contributed by atoms with Crippen molar-refractivity contribution in [3.8, 4) is 0 Å². The van der Waals surface area contributed by atoms with Crippen LogP contribution in [0.3, 0.4) is 0 Å². The van der Waals surface area contributed by atoms with E-state index in [-0.39, 0.29) is 0 Å². The minimum Gasteiger partial charge on any atom is -0.477 e. The number of ether oxygens (including phenoxy) is 1. The molecule has 10 heteroatoms. The van der Waals surface area contributed by atoms with E-state index in [9.17, 15) is 30.0 Å². The van der Waals surface area contributed by atoms with E-state index in [2.05, 4.69) is 0 Å². The number of aliphatic carboxylic acids is 1. The van der Waals surface area contributed by atoms with E-state index in [1.807, 2.05) is 0 Å². The number of rotatable bonds is 7. The molecule has 1 aliphatic heterocycles. The maximum Gasteiger partial charge on any atom is 0.364 e. The molecule has 22 heavy (non-hydrogen) atoms. The SMILES string of the molecule is O=C(CO)C[C@H]1C(C(O)C(O)CO)O[C@@](O)(C(=O)O)C[C@H]1O. The van der Waals surface area contributed by atoms with Crippen LogP contribution in [0.15, 0.2) is 0 Å². The maximum absolute atomic E-state index is 11.3. The van der Waals surface area contributed by atoms with Gasteiger partial charge in [0.25, 0.3) is 5.79 Å². The van der Waals surface area contributed by atoms with E-state index in [4.69, 9.17) is 20.1 Å². The van der Waals surface area contributed by atoms with Crippen LogP contribution in [0.1, 0.15) is 12.8 Å². The second kappa shape index (κ2) is 7.42. The molecule has 1 rings (SSSR count). The van der Waals surface area contributed by atoms with Gasteiger partial charge in [0.2, 0.25) is 0 Å². The Morgan fingerprint density at radius 2 is 1.86 bits per heavy atom. The van der Waals surface area contributed by atoms with E-state index in [1.54, 1.807) is 0 Å². The molecule has 10 nitrogen and oxygen atoms in total. The highest BCUT2D eigenvalue weighted by Crippen LogP contribution is 2.36. The van der Waals surface area contributed by atoms with Gasteiger partial charge in [0.1, 0.15) is 18.8 Å². The van der Waals surface area contributed by atoms with Crippen LogP contribution in [0.2, 0.25) is 0 Å². The molecule has 0 spiro atoms. The van der Waals surface area contributed by atoms with Gasteiger partial charge in [-0.25, -0.2) is 4.79 Å². The Morgan fingerprint density at radius 3 is 2.32 bits per heavy atom. The van der Waals surface area contributed by atoms with E-state index < -0.39 is 73.9 Å². The van der Waals surface area contributed by atoms with E-state index in [0.717, 1.165) is 0 Å². The second-order valence-corrected chi connectivity index (χ2v) is 5.25. The molecule has 0 bridgehead atoms. The molecule has 0 aromatic rings. The Bertz CT molecular complexity index is 413. The van der Waals surface area contributed by atoms with Crippen molar-refractivity contribution in [2.24, 2.45) is 5.92 Å². The number of ketones is 1. The fourth-order valence-electron chi connectivity index (χ4n) is 2.38. The Kier molecular flexibility index (Phi) is 6.38. The quantitative estimate of drug-likeness (QED) is 0.245. The summed E-state index contributed by atoms with van der Waals surface area (Å²) in [6.07, 6.45) is -8.00. The summed E-state index contributed by atoms with van der Waals surface area (Å²) < 4.78 is 4.89. The van der Waals surface area contributed by atoms with Gasteiger partial charge in [0.05, 0.1) is 18.8 Å². The molecule has 0 aromatic carbocycles. The molecule has 7 N–H and O–H groups in total. The predicted molar refractivity (Wildman–Crippen MR) is 67.4 cm³/mol. The Balaban J connectivity index is 3.07. The lowest BCUT2D eigenvalue weighted by atomic mass is 9.80. The molecule has 1 heterocycles. The number of hydrogen-bond donors (Lipinski definition) is 7. The smallest absolute Gasteiger partial charge is 0.364 e. The molecule has 1 aliphatic rings. The number of carboxylic acid groups (broad SMARTS) is 1. The monoisotopic (exact) mass is 324 g/mol. The average Bonchev–Trinajstić information content (AvgIpc) is 2.47. The summed E-state index contributed by atoms with van der Waals surface area (Å²) in [5, 5.41) is 65.7. The summed E-state index contributed by atoms with van der Waals surface area (Å²) in [5.41, 5.74) is 0. The summed E-state index contributed by atoms with van der Waals surface area (Å²) in [7, 11) is 0. The highest BCUT2D eigenvalue weighted by atomic mass is 16.7. The molecule has 0 saturated carbocycles. The van der Waals surface area contributed by atoms with Crippen LogP contribution in [0.4, 0.5) is 0 Å². The number of carbonyl (C=O) groups is 2. The molecule has 6 atom stereocenters. The molecule has 0 aliphatic carbocycles. The minimum atomic E-state index is -2.81. The molecular weight excluding hydrogens is 304 g/mol. The number of aliphatic hydroxyl groups excluding tert-OH is 5. The summed E-state index contributed by atoms with van der Waals surface area (Å²) in [4.78, 5) is 22.4. The number of aliphatic hydroxyl groups is 6. The van der Waals surface area contributed by atoms with Gasteiger partial charge in [-0.15, -0.1) is 0 Å². The standard InChI is InChI=1S/C12H20O10/c13-3-5(15)1-6-7(16)2-12(21,11(19)20)22-10(6)9(18)8(17)4-14/h6-10,13-14,16-18,21H,1-4H2,(H,19,20)/t6-,7-,8?,9?,10?,12-/m1/s1. The Morgan fingerprint density at radius 1 is 1.27 bits per heavy atom. The first-order valence-corrected chi connectivity index (χ1v) is 6.57. The summed E-state index contributed by atoms with van der Waals surface area (Å²) in [5.74, 6) is -6.49. The fraction of sp³-hybridized carbons (Fsp3) is 0.833. The molecule has 0 radical (unpaired) electrons. The molecule has 1 fully saturated rings. The van der Waals surface area contributed by atoms with Crippen LogP contribution in [0.25, 0.3) is 0 Å². The molecule has 1 saturated heterocycles. The zero-order valence-electron chi connectivity index (χ0n) is 11.6. The van der Waals surface area contributed by atoms with Gasteiger partial charge in [-0.2, -0.15) is 0 Å². The predicted octanol–water partition coefficient (Wildman–Crippen LogP) is -3.81. The van der Waals surface area contributed by atoms with Crippen molar-refractivity contribution in [1.82, 2.24) is 0 Å². The topological polar surface area (TPSA) is 185 Å². The normalized spacial score (nSPS) is 34.9. The second-order valence-electron chi connectivity index (χ2n) is 5.25. The summed E-state index contributed by atoms with van der Waals surface area (Å²) >= 11 is 0. The summed E-state index contributed by atoms with van der Waals surface area (Å²) in [6.45, 7) is -1.72. The van der Waals surface area contributed by atoms with Gasteiger partial charge in [-0.1, -0.05) is 0 Å². The lowest BCUT2D eigenvalue weighted by Gasteiger charge is -2.44. The van der Waals surface area contributed by atoms with Crippen molar-refractivity contribution in [3.05, 3.63) is 0 Å². The number of hydrogen-bond acceptors (Lipinski definition) is 9. The lowest BCUT2D eigenvalue weighted by molar-refractivity contribution is -0.304. The van der Waals surface area contributed by atoms with Crippen molar-refractivity contribution in [1.29, 1.82) is 0 Å². The highest BCUT2D eigenvalue weighted by Gasteiger charge is 2.53. The Labute approximate surface area is 125 Å². The van der Waals surface area contributed by atoms with E-state index in [1.165, 1.54) is 0 Å². The fourth-order valence-corrected chi connectivity index (χ4v) is 2.38. The van der Waals surface area contributed by atoms with E-state index >= 15 is 0 Å².